The van der Waals surface area contributed by atoms with E-state index in [1.165, 1.54) is 16.7 Å². The fourth-order valence-electron chi connectivity index (χ4n) is 1.98. The monoisotopic (exact) mass is 284 g/mol. The Morgan fingerprint density at radius 2 is 2.11 bits per heavy atom. The molecular weight excluding hydrogens is 274 g/mol. The van der Waals surface area contributed by atoms with Crippen molar-refractivity contribution in [3.05, 3.63) is 29.3 Å². The van der Waals surface area contributed by atoms with Gasteiger partial charge in [0.1, 0.15) is 11.7 Å². The third-order valence-corrected chi connectivity index (χ3v) is 3.87. The van der Waals surface area contributed by atoms with Gasteiger partial charge in [0, 0.05) is 18.1 Å². The molecule has 1 saturated heterocycles. The first-order chi connectivity index (χ1) is 9.04. The highest BCUT2D eigenvalue weighted by molar-refractivity contribution is 7.99. The fourth-order valence-corrected chi connectivity index (χ4v) is 3.02. The summed E-state index contributed by atoms with van der Waals surface area (Å²) in [4.78, 5) is 12.3. The second-order valence-electron chi connectivity index (χ2n) is 4.02. The number of hydrogen-bond acceptors (Lipinski definition) is 4. The third kappa shape index (κ3) is 2.63. The van der Waals surface area contributed by atoms with Crippen LogP contribution in [0.2, 0.25) is 0 Å². The van der Waals surface area contributed by atoms with Gasteiger partial charge in [0.2, 0.25) is 0 Å². The van der Waals surface area contributed by atoms with E-state index in [1.807, 2.05) is 0 Å². The largest absolute Gasteiger partial charge is 0.480 e. The molecule has 7 heteroatoms. The summed E-state index contributed by atoms with van der Waals surface area (Å²) < 4.78 is 27.8. The number of nitriles is 1. The van der Waals surface area contributed by atoms with Crippen LogP contribution in [-0.2, 0) is 4.79 Å². The first kappa shape index (κ1) is 13.6. The van der Waals surface area contributed by atoms with Crippen molar-refractivity contribution in [2.45, 2.75) is 6.04 Å². The van der Waals surface area contributed by atoms with Gasteiger partial charge in [-0.1, -0.05) is 0 Å². The molecule has 0 radical (unpaired) electrons. The highest BCUT2D eigenvalue weighted by Gasteiger charge is 2.32. The van der Waals surface area contributed by atoms with Gasteiger partial charge in [-0.25, -0.2) is 13.6 Å². The van der Waals surface area contributed by atoms with Gasteiger partial charge in [-0.15, -0.1) is 0 Å². The molecule has 4 nitrogen and oxygen atoms in total. The summed E-state index contributed by atoms with van der Waals surface area (Å²) in [5.74, 6) is -2.06. The van der Waals surface area contributed by atoms with Crippen LogP contribution in [0, 0.1) is 23.0 Å². The summed E-state index contributed by atoms with van der Waals surface area (Å²) in [5.41, 5.74) is -0.497. The smallest absolute Gasteiger partial charge is 0.327 e. The first-order valence-electron chi connectivity index (χ1n) is 5.51. The fraction of sp³-hybridized carbons (Fsp3) is 0.333. The summed E-state index contributed by atoms with van der Waals surface area (Å²) >= 11 is 1.43. The van der Waals surface area contributed by atoms with Crippen molar-refractivity contribution >= 4 is 23.4 Å². The molecule has 1 aliphatic heterocycles. The molecule has 0 saturated carbocycles. The van der Waals surface area contributed by atoms with E-state index >= 15 is 0 Å². The van der Waals surface area contributed by atoms with Crippen molar-refractivity contribution in [3.8, 4) is 6.07 Å². The van der Waals surface area contributed by atoms with Crippen LogP contribution >= 0.6 is 11.8 Å². The standard InChI is InChI=1S/C12H10F2N2O2S/c13-8-3-7(5-15)4-9(14)11(8)16-1-2-19-6-10(16)12(17)18/h3-4,10H,1-2,6H2,(H,17,18). The predicted molar refractivity (Wildman–Crippen MR) is 67.2 cm³/mol. The Labute approximate surface area is 112 Å². The van der Waals surface area contributed by atoms with Gasteiger partial charge in [-0.2, -0.15) is 17.0 Å². The van der Waals surface area contributed by atoms with Crippen molar-refractivity contribution in [3.63, 3.8) is 0 Å². The van der Waals surface area contributed by atoms with E-state index in [0.29, 0.717) is 5.75 Å². The Hall–Kier alpha value is -1.81. The lowest BCUT2D eigenvalue weighted by Crippen LogP contribution is -2.48. The van der Waals surface area contributed by atoms with Crippen molar-refractivity contribution in [2.75, 3.05) is 23.0 Å². The molecule has 0 bridgehead atoms. The summed E-state index contributed by atoms with van der Waals surface area (Å²) in [6, 6.07) is 2.52. The Kier molecular flexibility index (Phi) is 3.90. The number of carboxylic acids is 1. The molecule has 1 heterocycles. The lowest BCUT2D eigenvalue weighted by Gasteiger charge is -2.34. The van der Waals surface area contributed by atoms with Gasteiger partial charge in [0.25, 0.3) is 0 Å². The zero-order valence-electron chi connectivity index (χ0n) is 9.77. The van der Waals surface area contributed by atoms with E-state index < -0.39 is 23.6 Å². The van der Waals surface area contributed by atoms with Gasteiger partial charge in [-0.05, 0) is 12.1 Å². The molecule has 1 aliphatic rings. The molecule has 0 aromatic heterocycles. The number of anilines is 1. The number of rotatable bonds is 2. The third-order valence-electron chi connectivity index (χ3n) is 2.85. The van der Waals surface area contributed by atoms with Crippen LogP contribution in [0.4, 0.5) is 14.5 Å². The molecule has 0 spiro atoms. The Morgan fingerprint density at radius 3 is 2.63 bits per heavy atom. The van der Waals surface area contributed by atoms with Crippen molar-refractivity contribution < 1.29 is 18.7 Å². The molecule has 100 valence electrons. The number of nitrogens with zero attached hydrogens (tertiary/aromatic N) is 2. The maximum atomic E-state index is 13.9. The molecule has 1 unspecified atom stereocenters. The number of aliphatic carboxylic acids is 1. The second kappa shape index (κ2) is 5.45. The van der Waals surface area contributed by atoms with E-state index in [2.05, 4.69) is 0 Å². The minimum Gasteiger partial charge on any atom is -0.480 e. The molecule has 1 aromatic rings. The molecular formula is C12H10F2N2O2S. The highest BCUT2D eigenvalue weighted by atomic mass is 32.2. The molecule has 0 amide bonds. The average molecular weight is 284 g/mol. The Bertz CT molecular complexity index is 536. The maximum Gasteiger partial charge on any atom is 0.327 e. The molecule has 1 fully saturated rings. The van der Waals surface area contributed by atoms with Crippen LogP contribution < -0.4 is 4.90 Å². The Morgan fingerprint density at radius 1 is 1.47 bits per heavy atom. The molecule has 0 aliphatic carbocycles. The van der Waals surface area contributed by atoms with E-state index in [-0.39, 0.29) is 23.5 Å². The number of benzene rings is 1. The molecule has 1 aromatic carbocycles. The van der Waals surface area contributed by atoms with Crippen LogP contribution in [-0.4, -0.2) is 35.2 Å². The van der Waals surface area contributed by atoms with Crippen molar-refractivity contribution in [1.82, 2.24) is 0 Å². The van der Waals surface area contributed by atoms with Gasteiger partial charge in [-0.3, -0.25) is 0 Å². The van der Waals surface area contributed by atoms with E-state index in [0.717, 1.165) is 12.1 Å². The highest BCUT2D eigenvalue weighted by Crippen LogP contribution is 2.30. The Balaban J connectivity index is 2.45. The van der Waals surface area contributed by atoms with E-state index in [1.54, 1.807) is 6.07 Å². The summed E-state index contributed by atoms with van der Waals surface area (Å²) in [7, 11) is 0. The van der Waals surface area contributed by atoms with Crippen molar-refractivity contribution in [1.29, 1.82) is 5.26 Å². The maximum absolute atomic E-state index is 13.9. The predicted octanol–water partition coefficient (Wildman–Crippen LogP) is 1.84. The summed E-state index contributed by atoms with van der Waals surface area (Å²) in [5, 5.41) is 17.7. The summed E-state index contributed by atoms with van der Waals surface area (Å²) in [6.45, 7) is 0.251. The molecule has 19 heavy (non-hydrogen) atoms. The van der Waals surface area contributed by atoms with Gasteiger partial charge in [0.05, 0.1) is 11.6 Å². The van der Waals surface area contributed by atoms with Gasteiger partial charge >= 0.3 is 5.97 Å². The van der Waals surface area contributed by atoms with Crippen LogP contribution in [0.3, 0.4) is 0 Å². The zero-order valence-corrected chi connectivity index (χ0v) is 10.6. The number of carboxylic acid groups (broad SMARTS) is 1. The second-order valence-corrected chi connectivity index (χ2v) is 5.17. The van der Waals surface area contributed by atoms with E-state index in [9.17, 15) is 13.6 Å². The van der Waals surface area contributed by atoms with Crippen LogP contribution in [0.5, 0.6) is 0 Å². The van der Waals surface area contributed by atoms with Crippen LogP contribution in [0.1, 0.15) is 5.56 Å². The number of halogens is 2. The average Bonchev–Trinajstić information content (AvgIpc) is 2.38. The SMILES string of the molecule is N#Cc1cc(F)c(N2CCSCC2C(=O)O)c(F)c1. The zero-order chi connectivity index (χ0) is 14.0. The molecule has 2 rings (SSSR count). The van der Waals surface area contributed by atoms with Gasteiger partial charge in [0.15, 0.2) is 11.6 Å². The van der Waals surface area contributed by atoms with E-state index in [4.69, 9.17) is 10.4 Å². The summed E-state index contributed by atoms with van der Waals surface area (Å²) in [6.07, 6.45) is 0. The van der Waals surface area contributed by atoms with Gasteiger partial charge < -0.3 is 10.0 Å². The number of carbonyl (C=O) groups is 1. The molecule has 1 atom stereocenters. The minimum atomic E-state index is -1.12. The molecule has 1 N–H and O–H groups in total. The van der Waals surface area contributed by atoms with Crippen LogP contribution in [0.25, 0.3) is 0 Å². The van der Waals surface area contributed by atoms with Crippen LogP contribution in [0.15, 0.2) is 12.1 Å². The lowest BCUT2D eigenvalue weighted by atomic mass is 10.1. The first-order valence-corrected chi connectivity index (χ1v) is 6.66. The normalized spacial score (nSPS) is 19.0. The quantitative estimate of drug-likeness (QED) is 0.897. The number of thioether (sulfide) groups is 1. The van der Waals surface area contributed by atoms with Crippen molar-refractivity contribution in [2.24, 2.45) is 0 Å². The number of hydrogen-bond donors (Lipinski definition) is 1. The topological polar surface area (TPSA) is 64.3 Å². The lowest BCUT2D eigenvalue weighted by molar-refractivity contribution is -0.138. The minimum absolute atomic E-state index is 0.128.